The van der Waals surface area contributed by atoms with Crippen molar-refractivity contribution in [2.24, 2.45) is 0 Å². The van der Waals surface area contributed by atoms with Crippen LogP contribution in [0, 0.1) is 5.82 Å². The highest BCUT2D eigenvalue weighted by Gasteiger charge is 2.15. The third-order valence-corrected chi connectivity index (χ3v) is 5.07. The van der Waals surface area contributed by atoms with Crippen molar-refractivity contribution in [3.8, 4) is 16.9 Å². The average Bonchev–Trinajstić information content (AvgIpc) is 3.19. The lowest BCUT2D eigenvalue weighted by Crippen LogP contribution is -2.52. The van der Waals surface area contributed by atoms with Crippen molar-refractivity contribution in [3.63, 3.8) is 0 Å². The van der Waals surface area contributed by atoms with Gasteiger partial charge in [0.15, 0.2) is 0 Å². The number of rotatable bonds is 5. The smallest absolute Gasteiger partial charge is 0.258 e. The number of hydrazine groups is 1. The summed E-state index contributed by atoms with van der Waals surface area (Å²) in [7, 11) is 2.07. The van der Waals surface area contributed by atoms with Gasteiger partial charge in [-0.15, -0.1) is 0 Å². The fourth-order valence-electron chi connectivity index (χ4n) is 3.33. The van der Waals surface area contributed by atoms with E-state index in [9.17, 15) is 9.18 Å². The maximum Gasteiger partial charge on any atom is 0.258 e. The summed E-state index contributed by atoms with van der Waals surface area (Å²) in [5, 5.41) is 6.61. The Balaban J connectivity index is 1.57. The summed E-state index contributed by atoms with van der Waals surface area (Å²) in [5.41, 5.74) is 6.07. The Morgan fingerprint density at radius 3 is 2.43 bits per heavy atom. The average molecular weight is 405 g/mol. The first-order chi connectivity index (χ1) is 14.6. The van der Waals surface area contributed by atoms with Crippen LogP contribution in [-0.2, 0) is 4.79 Å². The molecule has 2 aromatic carbocycles. The maximum atomic E-state index is 13.4. The number of hydrogen-bond donors (Lipinski definition) is 1. The highest BCUT2D eigenvalue weighted by Crippen LogP contribution is 2.25. The van der Waals surface area contributed by atoms with Crippen LogP contribution in [0.25, 0.3) is 23.0 Å². The summed E-state index contributed by atoms with van der Waals surface area (Å²) in [5.74, 6) is -0.484. The number of piperazine rings is 1. The predicted molar refractivity (Wildman–Crippen MR) is 115 cm³/mol. The molecule has 0 aliphatic carbocycles. The maximum absolute atomic E-state index is 13.4. The van der Waals surface area contributed by atoms with Crippen LogP contribution < -0.4 is 5.43 Å². The van der Waals surface area contributed by atoms with Crippen LogP contribution in [-0.4, -0.2) is 58.8 Å². The van der Waals surface area contributed by atoms with Gasteiger partial charge >= 0.3 is 0 Å². The van der Waals surface area contributed by atoms with Crippen molar-refractivity contribution in [3.05, 3.63) is 78.3 Å². The number of benzene rings is 2. The molecule has 0 unspecified atom stereocenters. The minimum absolute atomic E-state index is 0.183. The summed E-state index contributed by atoms with van der Waals surface area (Å²) in [6, 6.07) is 15.9. The molecule has 1 N–H and O–H groups in total. The van der Waals surface area contributed by atoms with Gasteiger partial charge in [-0.25, -0.2) is 14.1 Å². The van der Waals surface area contributed by atoms with Crippen LogP contribution in [0.3, 0.4) is 0 Å². The van der Waals surface area contributed by atoms with E-state index >= 15 is 0 Å². The fraction of sp³-hybridized carbons (Fsp3) is 0.217. The number of carbonyl (C=O) groups excluding carboxylic acids is 1. The third kappa shape index (κ3) is 4.82. The monoisotopic (exact) mass is 405 g/mol. The van der Waals surface area contributed by atoms with E-state index in [2.05, 4.69) is 22.5 Å². The number of aromatic nitrogens is 2. The molecule has 1 aromatic heterocycles. The molecule has 6 nitrogen and oxygen atoms in total. The number of halogens is 1. The van der Waals surface area contributed by atoms with Gasteiger partial charge in [0.2, 0.25) is 0 Å². The summed E-state index contributed by atoms with van der Waals surface area (Å²) in [6.45, 7) is 3.43. The number of nitrogens with one attached hydrogen (secondary N) is 1. The number of carbonyl (C=O) groups is 1. The zero-order valence-electron chi connectivity index (χ0n) is 16.8. The summed E-state index contributed by atoms with van der Waals surface area (Å²) in [6.07, 6.45) is 5.13. The van der Waals surface area contributed by atoms with Crippen molar-refractivity contribution >= 4 is 12.0 Å². The zero-order chi connectivity index (χ0) is 20.9. The van der Waals surface area contributed by atoms with Crippen molar-refractivity contribution in [1.29, 1.82) is 0 Å². The number of amides is 1. The zero-order valence-corrected chi connectivity index (χ0v) is 16.8. The van der Waals surface area contributed by atoms with Crippen molar-refractivity contribution in [1.82, 2.24) is 25.1 Å². The lowest BCUT2D eigenvalue weighted by molar-refractivity contribution is -0.121. The molecule has 0 bridgehead atoms. The second-order valence-electron chi connectivity index (χ2n) is 7.32. The van der Waals surface area contributed by atoms with Gasteiger partial charge in [0.25, 0.3) is 5.91 Å². The van der Waals surface area contributed by atoms with E-state index in [-0.39, 0.29) is 11.7 Å². The number of likely N-dealkylation sites (N-methyl/N-ethyl adjacent to an activating group) is 1. The lowest BCUT2D eigenvalue weighted by atomic mass is 10.1. The van der Waals surface area contributed by atoms with Gasteiger partial charge in [-0.3, -0.25) is 10.2 Å². The van der Waals surface area contributed by atoms with Crippen LogP contribution >= 0.6 is 0 Å². The molecular formula is C23H24FN5O. The molecule has 0 atom stereocenters. The fourth-order valence-corrected chi connectivity index (χ4v) is 3.33. The van der Waals surface area contributed by atoms with Gasteiger partial charge in [0, 0.05) is 49.6 Å². The van der Waals surface area contributed by atoms with Gasteiger partial charge < -0.3 is 4.90 Å². The molecule has 1 saturated heterocycles. The van der Waals surface area contributed by atoms with Gasteiger partial charge in [-0.2, -0.15) is 5.10 Å². The molecule has 3 aromatic rings. The first-order valence-electron chi connectivity index (χ1n) is 9.92. The Hall–Kier alpha value is -3.29. The summed E-state index contributed by atoms with van der Waals surface area (Å²) < 4.78 is 15.1. The Bertz CT molecular complexity index is 1020. The molecule has 1 aliphatic heterocycles. The van der Waals surface area contributed by atoms with Crippen LogP contribution in [0.4, 0.5) is 4.39 Å². The lowest BCUT2D eigenvalue weighted by Gasteiger charge is -2.31. The van der Waals surface area contributed by atoms with Crippen LogP contribution in [0.2, 0.25) is 0 Å². The van der Waals surface area contributed by atoms with Gasteiger partial charge in [-0.1, -0.05) is 18.2 Å². The summed E-state index contributed by atoms with van der Waals surface area (Å²) >= 11 is 0. The number of para-hydroxylation sites is 1. The molecule has 0 radical (unpaired) electrons. The summed E-state index contributed by atoms with van der Waals surface area (Å²) in [4.78, 5) is 14.6. The molecular weight excluding hydrogens is 381 g/mol. The standard InChI is InChI=1S/C23H24FN5O/c1-27-13-15-28(16-14-27)25-22(30)12-9-19-17-29(21-5-3-2-4-6-21)26-23(19)18-7-10-20(24)11-8-18/h2-12,17H,13-16H2,1H3,(H,25,30)/b12-9+. The minimum Gasteiger partial charge on any atom is -0.304 e. The van der Waals surface area contributed by atoms with E-state index in [4.69, 9.17) is 0 Å². The molecule has 7 heteroatoms. The first kappa shape index (κ1) is 20.0. The molecule has 1 aliphatic rings. The largest absolute Gasteiger partial charge is 0.304 e. The van der Waals surface area contributed by atoms with Crippen LogP contribution in [0.5, 0.6) is 0 Å². The molecule has 30 heavy (non-hydrogen) atoms. The van der Waals surface area contributed by atoms with Crippen LogP contribution in [0.1, 0.15) is 5.56 Å². The Kier molecular flexibility index (Phi) is 6.02. The van der Waals surface area contributed by atoms with E-state index in [0.29, 0.717) is 5.69 Å². The van der Waals surface area contributed by atoms with E-state index in [1.807, 2.05) is 41.5 Å². The van der Waals surface area contributed by atoms with Gasteiger partial charge in [0.1, 0.15) is 5.82 Å². The highest BCUT2D eigenvalue weighted by molar-refractivity contribution is 5.92. The molecule has 154 valence electrons. The number of nitrogens with zero attached hydrogens (tertiary/aromatic N) is 4. The molecule has 1 fully saturated rings. The molecule has 0 saturated carbocycles. The Labute approximate surface area is 175 Å². The van der Waals surface area contributed by atoms with Crippen molar-refractivity contribution in [2.45, 2.75) is 0 Å². The Morgan fingerprint density at radius 1 is 1.03 bits per heavy atom. The van der Waals surface area contributed by atoms with E-state index in [1.54, 1.807) is 22.9 Å². The van der Waals surface area contributed by atoms with Gasteiger partial charge in [0.05, 0.1) is 11.4 Å². The number of hydrogen-bond acceptors (Lipinski definition) is 4. The van der Waals surface area contributed by atoms with E-state index < -0.39 is 0 Å². The SMILES string of the molecule is CN1CCN(NC(=O)/C=C/c2cn(-c3ccccc3)nc2-c2ccc(F)cc2)CC1. The molecule has 1 amide bonds. The quantitative estimate of drug-likeness (QED) is 0.663. The highest BCUT2D eigenvalue weighted by atomic mass is 19.1. The second kappa shape index (κ2) is 9.02. The van der Waals surface area contributed by atoms with Crippen molar-refractivity contribution < 1.29 is 9.18 Å². The molecule has 2 heterocycles. The first-order valence-corrected chi connectivity index (χ1v) is 9.92. The Morgan fingerprint density at radius 2 is 1.73 bits per heavy atom. The van der Waals surface area contributed by atoms with Crippen LogP contribution in [0.15, 0.2) is 66.9 Å². The van der Waals surface area contributed by atoms with Gasteiger partial charge in [-0.05, 0) is 49.5 Å². The predicted octanol–water partition coefficient (Wildman–Crippen LogP) is 2.97. The normalized spacial score (nSPS) is 15.5. The van der Waals surface area contributed by atoms with E-state index in [0.717, 1.165) is 43.0 Å². The minimum atomic E-state index is -0.301. The molecule has 0 spiro atoms. The topological polar surface area (TPSA) is 53.4 Å². The van der Waals surface area contributed by atoms with E-state index in [1.165, 1.54) is 18.2 Å². The second-order valence-corrected chi connectivity index (χ2v) is 7.32. The third-order valence-electron chi connectivity index (χ3n) is 5.07. The molecule has 4 rings (SSSR count). The van der Waals surface area contributed by atoms with Crippen molar-refractivity contribution in [2.75, 3.05) is 33.2 Å².